The molecule has 0 aromatic heterocycles. The molecular formula is C23H27N3O3. The number of ether oxygens (including phenoxy) is 2. The van der Waals surface area contributed by atoms with Gasteiger partial charge < -0.3 is 20.1 Å². The van der Waals surface area contributed by atoms with Gasteiger partial charge in [0, 0.05) is 18.4 Å². The first-order chi connectivity index (χ1) is 14.0. The van der Waals surface area contributed by atoms with Gasteiger partial charge in [0.1, 0.15) is 11.6 Å². The molecule has 0 unspecified atom stereocenters. The van der Waals surface area contributed by atoms with Crippen LogP contribution in [-0.4, -0.2) is 26.7 Å². The Labute approximate surface area is 172 Å². The van der Waals surface area contributed by atoms with E-state index in [1.54, 1.807) is 14.2 Å². The van der Waals surface area contributed by atoms with Crippen LogP contribution in [0.15, 0.2) is 54.2 Å². The molecule has 0 heterocycles. The van der Waals surface area contributed by atoms with E-state index < -0.39 is 5.91 Å². The number of rotatable bonds is 9. The van der Waals surface area contributed by atoms with Crippen LogP contribution in [0.1, 0.15) is 30.9 Å². The average Bonchev–Trinajstić information content (AvgIpc) is 2.73. The van der Waals surface area contributed by atoms with Crippen LogP contribution in [0, 0.1) is 11.3 Å². The number of anilines is 1. The van der Waals surface area contributed by atoms with E-state index in [-0.39, 0.29) is 5.57 Å². The van der Waals surface area contributed by atoms with Crippen LogP contribution < -0.4 is 20.1 Å². The maximum absolute atomic E-state index is 12.3. The fourth-order valence-electron chi connectivity index (χ4n) is 2.73. The van der Waals surface area contributed by atoms with E-state index in [0.29, 0.717) is 36.1 Å². The second-order valence-electron chi connectivity index (χ2n) is 6.79. The number of hydrogen-bond donors (Lipinski definition) is 2. The summed E-state index contributed by atoms with van der Waals surface area (Å²) in [4.78, 5) is 12.3. The lowest BCUT2D eigenvalue weighted by Crippen LogP contribution is -2.18. The van der Waals surface area contributed by atoms with Gasteiger partial charge in [-0.25, -0.2) is 0 Å². The standard InChI is InChI=1S/C23H27N3O3/c1-16(2)18-6-8-20(9-7-18)26-23(27)19(14-24)15-25-12-11-17-5-10-21(28-3)22(13-17)29-4/h5-10,13,15-16,25H,11-12H2,1-4H3,(H,26,27)/b19-15-. The van der Waals surface area contributed by atoms with Gasteiger partial charge in [-0.15, -0.1) is 0 Å². The zero-order chi connectivity index (χ0) is 21.2. The molecule has 0 aliphatic carbocycles. The highest BCUT2D eigenvalue weighted by atomic mass is 16.5. The lowest BCUT2D eigenvalue weighted by Gasteiger charge is -2.10. The van der Waals surface area contributed by atoms with Crippen molar-refractivity contribution >= 4 is 11.6 Å². The van der Waals surface area contributed by atoms with Crippen molar-refractivity contribution in [1.29, 1.82) is 5.26 Å². The van der Waals surface area contributed by atoms with Gasteiger partial charge in [-0.1, -0.05) is 32.0 Å². The molecule has 6 nitrogen and oxygen atoms in total. The highest BCUT2D eigenvalue weighted by Gasteiger charge is 2.10. The topological polar surface area (TPSA) is 83.4 Å². The smallest absolute Gasteiger partial charge is 0.267 e. The number of nitriles is 1. The van der Waals surface area contributed by atoms with Gasteiger partial charge in [-0.05, 0) is 47.7 Å². The number of hydrogen-bond acceptors (Lipinski definition) is 5. The van der Waals surface area contributed by atoms with E-state index in [9.17, 15) is 10.1 Å². The van der Waals surface area contributed by atoms with E-state index in [4.69, 9.17) is 9.47 Å². The third-order valence-electron chi connectivity index (χ3n) is 4.45. The maximum Gasteiger partial charge on any atom is 0.267 e. The molecule has 0 saturated heterocycles. The minimum absolute atomic E-state index is 0.0187. The van der Waals surface area contributed by atoms with Crippen molar-refractivity contribution in [1.82, 2.24) is 5.32 Å². The van der Waals surface area contributed by atoms with Crippen LogP contribution in [0.5, 0.6) is 11.5 Å². The Kier molecular flexibility index (Phi) is 8.11. The van der Waals surface area contributed by atoms with Gasteiger partial charge in [-0.3, -0.25) is 4.79 Å². The van der Waals surface area contributed by atoms with Gasteiger partial charge in [0.15, 0.2) is 11.5 Å². The molecule has 2 aromatic rings. The Morgan fingerprint density at radius 3 is 2.38 bits per heavy atom. The molecule has 152 valence electrons. The molecule has 0 fully saturated rings. The number of amides is 1. The zero-order valence-electron chi connectivity index (χ0n) is 17.3. The van der Waals surface area contributed by atoms with Crippen LogP contribution >= 0.6 is 0 Å². The first-order valence-corrected chi connectivity index (χ1v) is 9.44. The highest BCUT2D eigenvalue weighted by molar-refractivity contribution is 6.06. The molecule has 1 amide bonds. The van der Waals surface area contributed by atoms with Crippen molar-refractivity contribution < 1.29 is 14.3 Å². The first kappa shape index (κ1) is 21.8. The number of benzene rings is 2. The summed E-state index contributed by atoms with van der Waals surface area (Å²) in [6.07, 6.45) is 2.15. The lowest BCUT2D eigenvalue weighted by atomic mass is 10.0. The van der Waals surface area contributed by atoms with Crippen LogP contribution in [0.3, 0.4) is 0 Å². The largest absolute Gasteiger partial charge is 0.493 e. The first-order valence-electron chi connectivity index (χ1n) is 9.44. The van der Waals surface area contributed by atoms with Crippen LogP contribution in [0.25, 0.3) is 0 Å². The van der Waals surface area contributed by atoms with Crippen molar-refractivity contribution in [3.63, 3.8) is 0 Å². The average molecular weight is 393 g/mol. The van der Waals surface area contributed by atoms with Gasteiger partial charge in [0.05, 0.1) is 14.2 Å². The molecule has 0 atom stereocenters. The summed E-state index contributed by atoms with van der Waals surface area (Å²) in [6.45, 7) is 4.78. The minimum Gasteiger partial charge on any atom is -0.493 e. The SMILES string of the molecule is COc1ccc(CCN/C=C(/C#N)C(=O)Nc2ccc(C(C)C)cc2)cc1OC. The predicted octanol–water partition coefficient (Wildman–Crippen LogP) is 4.01. The fraction of sp³-hybridized carbons (Fsp3) is 0.304. The van der Waals surface area contributed by atoms with E-state index in [1.165, 1.54) is 11.8 Å². The Bertz CT molecular complexity index is 897. The number of carbonyl (C=O) groups excluding carboxylic acids is 1. The number of methoxy groups -OCH3 is 2. The summed E-state index contributed by atoms with van der Waals surface area (Å²) >= 11 is 0. The zero-order valence-corrected chi connectivity index (χ0v) is 17.3. The van der Waals surface area contributed by atoms with Gasteiger partial charge >= 0.3 is 0 Å². The normalized spacial score (nSPS) is 11.0. The van der Waals surface area contributed by atoms with Gasteiger partial charge in [-0.2, -0.15) is 5.26 Å². The summed E-state index contributed by atoms with van der Waals surface area (Å²) in [5.74, 6) is 1.32. The summed E-state index contributed by atoms with van der Waals surface area (Å²) in [5.41, 5.74) is 2.92. The Morgan fingerprint density at radius 1 is 1.10 bits per heavy atom. The second kappa shape index (κ2) is 10.8. The minimum atomic E-state index is -0.441. The molecule has 6 heteroatoms. The maximum atomic E-state index is 12.3. The molecular weight excluding hydrogens is 366 g/mol. The number of nitrogens with one attached hydrogen (secondary N) is 2. The van der Waals surface area contributed by atoms with Crippen molar-refractivity contribution in [2.45, 2.75) is 26.2 Å². The molecule has 29 heavy (non-hydrogen) atoms. The van der Waals surface area contributed by atoms with Crippen molar-refractivity contribution in [2.75, 3.05) is 26.1 Å². The van der Waals surface area contributed by atoms with Gasteiger partial charge in [0.25, 0.3) is 5.91 Å². The van der Waals surface area contributed by atoms with E-state index >= 15 is 0 Å². The second-order valence-corrected chi connectivity index (χ2v) is 6.79. The summed E-state index contributed by atoms with van der Waals surface area (Å²) in [7, 11) is 3.19. The molecule has 0 aliphatic heterocycles. The summed E-state index contributed by atoms with van der Waals surface area (Å²) < 4.78 is 10.5. The Morgan fingerprint density at radius 2 is 1.79 bits per heavy atom. The molecule has 2 aromatic carbocycles. The Hall–Kier alpha value is -3.46. The monoisotopic (exact) mass is 393 g/mol. The van der Waals surface area contributed by atoms with E-state index in [1.807, 2.05) is 48.5 Å². The van der Waals surface area contributed by atoms with E-state index in [2.05, 4.69) is 24.5 Å². The van der Waals surface area contributed by atoms with Gasteiger partial charge in [0.2, 0.25) is 0 Å². The highest BCUT2D eigenvalue weighted by Crippen LogP contribution is 2.27. The Balaban J connectivity index is 1.91. The number of nitrogens with zero attached hydrogens (tertiary/aromatic N) is 1. The van der Waals surface area contributed by atoms with Crippen molar-refractivity contribution in [3.8, 4) is 17.6 Å². The fourth-order valence-corrected chi connectivity index (χ4v) is 2.73. The van der Waals surface area contributed by atoms with Crippen molar-refractivity contribution in [2.24, 2.45) is 0 Å². The molecule has 0 bridgehead atoms. The molecule has 0 aliphatic rings. The van der Waals surface area contributed by atoms with Crippen LogP contribution in [0.2, 0.25) is 0 Å². The number of carbonyl (C=O) groups is 1. The lowest BCUT2D eigenvalue weighted by molar-refractivity contribution is -0.112. The quantitative estimate of drug-likeness (QED) is 0.382. The molecule has 0 spiro atoms. The van der Waals surface area contributed by atoms with E-state index in [0.717, 1.165) is 5.56 Å². The summed E-state index contributed by atoms with van der Waals surface area (Å²) in [6, 6.07) is 15.3. The summed E-state index contributed by atoms with van der Waals surface area (Å²) in [5, 5.41) is 15.1. The molecule has 2 N–H and O–H groups in total. The third kappa shape index (κ3) is 6.28. The third-order valence-corrected chi connectivity index (χ3v) is 4.45. The predicted molar refractivity (Wildman–Crippen MR) is 114 cm³/mol. The van der Waals surface area contributed by atoms with Crippen LogP contribution in [-0.2, 0) is 11.2 Å². The molecule has 0 saturated carbocycles. The van der Waals surface area contributed by atoms with Crippen molar-refractivity contribution in [3.05, 3.63) is 65.4 Å². The molecule has 2 rings (SSSR count). The van der Waals surface area contributed by atoms with Crippen LogP contribution in [0.4, 0.5) is 5.69 Å². The molecule has 0 radical (unpaired) electrons.